The van der Waals surface area contributed by atoms with Gasteiger partial charge in [-0.1, -0.05) is 50.2 Å². The molecule has 2 aromatic carbocycles. The summed E-state index contributed by atoms with van der Waals surface area (Å²) >= 11 is 6.59. The second kappa shape index (κ2) is 6.24. The minimum absolute atomic E-state index is 0.0783. The Balaban J connectivity index is 1.56. The van der Waals surface area contributed by atoms with Crippen molar-refractivity contribution in [3.63, 3.8) is 0 Å². The second-order valence-corrected chi connectivity index (χ2v) is 10.2. The highest BCUT2D eigenvalue weighted by molar-refractivity contribution is 7.80. The molecule has 0 aliphatic carbocycles. The fourth-order valence-corrected chi connectivity index (χ4v) is 6.54. The second-order valence-electron chi connectivity index (χ2n) is 8.68. The summed E-state index contributed by atoms with van der Waals surface area (Å²) in [4.78, 5) is 25.8. The number of carbonyl (C=O) groups is 2. The molecule has 0 saturated carbocycles. The van der Waals surface area contributed by atoms with E-state index in [-0.39, 0.29) is 22.3 Å². The lowest BCUT2D eigenvalue weighted by Crippen LogP contribution is -2.56. The Labute approximate surface area is 188 Å². The number of rotatable bonds is 2. The lowest BCUT2D eigenvalue weighted by molar-refractivity contribution is -0.135. The molecule has 1 fully saturated rings. The van der Waals surface area contributed by atoms with Crippen LogP contribution in [0, 0.1) is 5.92 Å². The fraction of sp³-hybridized carbons (Fsp3) is 0.208. The number of nitrogens with one attached hydrogen (secondary N) is 2. The van der Waals surface area contributed by atoms with Gasteiger partial charge in [-0.2, -0.15) is 0 Å². The molecular weight excluding hydrogens is 426 g/mol. The molecule has 0 spiro atoms. The third-order valence-corrected chi connectivity index (χ3v) is 7.87. The number of para-hydroxylation sites is 2. The average molecular weight is 446 g/mol. The van der Waals surface area contributed by atoms with Crippen LogP contribution in [0.25, 0.3) is 26.8 Å². The van der Waals surface area contributed by atoms with Crippen molar-refractivity contribution < 1.29 is 9.59 Å². The van der Waals surface area contributed by atoms with Gasteiger partial charge in [0.2, 0.25) is 11.8 Å². The van der Waals surface area contributed by atoms with Gasteiger partial charge >= 0.3 is 0 Å². The molecule has 1 saturated heterocycles. The molecule has 2 aliphatic heterocycles. The average Bonchev–Trinajstić information content (AvgIpc) is 3.29. The van der Waals surface area contributed by atoms with Crippen LogP contribution in [0.15, 0.2) is 48.5 Å². The van der Waals surface area contributed by atoms with Gasteiger partial charge in [0.05, 0.1) is 11.0 Å². The summed E-state index contributed by atoms with van der Waals surface area (Å²) in [5.74, 6) is -1.45. The molecule has 6 rings (SSSR count). The Morgan fingerprint density at radius 3 is 2.48 bits per heavy atom. The Morgan fingerprint density at radius 1 is 1.00 bits per heavy atom. The third-order valence-electron chi connectivity index (χ3n) is 6.52. The van der Waals surface area contributed by atoms with Crippen LogP contribution >= 0.6 is 23.6 Å². The molecule has 0 bridgehead atoms. The van der Waals surface area contributed by atoms with Gasteiger partial charge in [0.25, 0.3) is 0 Å². The molecule has 7 heteroatoms. The number of thiocarbonyl (C=S) groups is 1. The van der Waals surface area contributed by atoms with E-state index in [4.69, 9.17) is 12.2 Å². The number of hydrogen-bond donors (Lipinski definition) is 2. The molecule has 0 unspecified atom stereocenters. The van der Waals surface area contributed by atoms with Gasteiger partial charge < -0.3 is 15.2 Å². The van der Waals surface area contributed by atoms with E-state index in [0.717, 1.165) is 9.88 Å². The van der Waals surface area contributed by atoms with Gasteiger partial charge in [-0.15, -0.1) is 11.3 Å². The van der Waals surface area contributed by atoms with Crippen molar-refractivity contribution in [2.45, 2.75) is 25.7 Å². The minimum Gasteiger partial charge on any atom is -0.302 e. The highest BCUT2D eigenvalue weighted by Gasteiger charge is 2.38. The van der Waals surface area contributed by atoms with Crippen LogP contribution in [0.3, 0.4) is 0 Å². The zero-order chi connectivity index (χ0) is 21.5. The summed E-state index contributed by atoms with van der Waals surface area (Å²) in [6, 6.07) is 17.2. The molecule has 4 aromatic rings. The summed E-state index contributed by atoms with van der Waals surface area (Å²) < 4.78 is 2.35. The summed E-state index contributed by atoms with van der Waals surface area (Å²) in [7, 11) is 0. The van der Waals surface area contributed by atoms with E-state index in [9.17, 15) is 9.59 Å². The molecule has 5 nitrogen and oxygen atoms in total. The Kier molecular flexibility index (Phi) is 3.77. The largest absolute Gasteiger partial charge is 0.302 e. The fourth-order valence-electron chi connectivity index (χ4n) is 4.96. The Hall–Kier alpha value is -3.03. The number of aromatic nitrogens is 1. The van der Waals surface area contributed by atoms with E-state index in [1.165, 1.54) is 32.9 Å². The summed E-state index contributed by atoms with van der Waals surface area (Å²) in [6.07, 6.45) is 0.354. The normalized spacial score (nSPS) is 17.7. The summed E-state index contributed by atoms with van der Waals surface area (Å²) in [5, 5.41) is 8.86. The number of carbonyl (C=O) groups excluding carboxylic acids is 2. The standard InChI is InChI=1S/C24H19N3O2S2/c1-24(2)16-8-5-7-14-13-6-3-4-9-18(13)27(19(14)16)22-17(24)11-12(31-22)10-15-20(28)25-23(30)26-21(15)29/h3-9,11,15H,10H2,1-2H3,(H2,25,26,28,29,30). The van der Waals surface area contributed by atoms with Gasteiger partial charge in [-0.05, 0) is 35.5 Å². The zero-order valence-electron chi connectivity index (χ0n) is 17.0. The number of fused-ring (bicyclic) bond motifs is 5. The molecule has 0 radical (unpaired) electrons. The first-order valence-corrected chi connectivity index (χ1v) is 11.4. The quantitative estimate of drug-likeness (QED) is 0.360. The van der Waals surface area contributed by atoms with Gasteiger partial charge in [0.15, 0.2) is 5.11 Å². The van der Waals surface area contributed by atoms with Crippen molar-refractivity contribution in [1.29, 1.82) is 0 Å². The van der Waals surface area contributed by atoms with Crippen LogP contribution in [-0.2, 0) is 21.4 Å². The lowest BCUT2D eigenvalue weighted by Gasteiger charge is -2.32. The van der Waals surface area contributed by atoms with E-state index in [0.29, 0.717) is 6.42 Å². The maximum Gasteiger partial charge on any atom is 0.239 e. The smallest absolute Gasteiger partial charge is 0.239 e. The lowest BCUT2D eigenvalue weighted by atomic mass is 9.76. The Bertz CT molecular complexity index is 1440. The SMILES string of the molecule is CC1(C)c2cc(CC3C(=O)NC(=S)NC3=O)sc2-n2c3ccccc3c3cccc1c32. The van der Waals surface area contributed by atoms with Crippen LogP contribution in [0.5, 0.6) is 0 Å². The van der Waals surface area contributed by atoms with E-state index in [2.05, 4.69) is 77.6 Å². The molecule has 4 heterocycles. The summed E-state index contributed by atoms with van der Waals surface area (Å²) in [5.41, 5.74) is 4.74. The molecule has 0 atom stereocenters. The van der Waals surface area contributed by atoms with Crippen LogP contribution < -0.4 is 10.6 Å². The molecule has 154 valence electrons. The number of thiophene rings is 1. The maximum absolute atomic E-state index is 12.4. The van der Waals surface area contributed by atoms with E-state index in [1.54, 1.807) is 11.3 Å². The van der Waals surface area contributed by atoms with Crippen molar-refractivity contribution in [2.75, 3.05) is 0 Å². The van der Waals surface area contributed by atoms with Crippen LogP contribution in [0.4, 0.5) is 0 Å². The van der Waals surface area contributed by atoms with Gasteiger partial charge in [-0.25, -0.2) is 0 Å². The van der Waals surface area contributed by atoms with Crippen molar-refractivity contribution in [2.24, 2.45) is 5.92 Å². The highest BCUT2D eigenvalue weighted by Crippen LogP contribution is 2.50. The van der Waals surface area contributed by atoms with Crippen LogP contribution in [0.2, 0.25) is 0 Å². The predicted molar refractivity (Wildman–Crippen MR) is 127 cm³/mol. The van der Waals surface area contributed by atoms with E-state index < -0.39 is 5.92 Å². The molecular formula is C24H19N3O2S2. The van der Waals surface area contributed by atoms with Crippen molar-refractivity contribution in [3.8, 4) is 5.00 Å². The molecule has 2 aromatic heterocycles. The van der Waals surface area contributed by atoms with E-state index in [1.807, 2.05) is 0 Å². The van der Waals surface area contributed by atoms with Gasteiger partial charge in [0, 0.05) is 27.5 Å². The molecule has 31 heavy (non-hydrogen) atoms. The first-order valence-electron chi connectivity index (χ1n) is 10.2. The summed E-state index contributed by atoms with van der Waals surface area (Å²) in [6.45, 7) is 4.49. The number of benzene rings is 2. The van der Waals surface area contributed by atoms with Crippen molar-refractivity contribution in [1.82, 2.24) is 15.2 Å². The van der Waals surface area contributed by atoms with Crippen molar-refractivity contribution >= 4 is 62.3 Å². The molecule has 2 amide bonds. The third kappa shape index (κ3) is 2.50. The Morgan fingerprint density at radius 2 is 1.71 bits per heavy atom. The monoisotopic (exact) mass is 445 g/mol. The van der Waals surface area contributed by atoms with Crippen molar-refractivity contribution in [3.05, 3.63) is 64.5 Å². The topological polar surface area (TPSA) is 63.1 Å². The van der Waals surface area contributed by atoms with Crippen LogP contribution in [0.1, 0.15) is 29.9 Å². The first-order chi connectivity index (χ1) is 14.9. The van der Waals surface area contributed by atoms with Crippen LogP contribution in [-0.4, -0.2) is 21.5 Å². The molecule has 2 N–H and O–H groups in total. The van der Waals surface area contributed by atoms with Gasteiger partial charge in [0.1, 0.15) is 10.9 Å². The number of hydrogen-bond acceptors (Lipinski definition) is 4. The zero-order valence-corrected chi connectivity index (χ0v) is 18.6. The molecule has 2 aliphatic rings. The number of nitrogens with zero attached hydrogens (tertiary/aromatic N) is 1. The maximum atomic E-state index is 12.4. The number of amides is 2. The van der Waals surface area contributed by atoms with E-state index >= 15 is 0 Å². The van der Waals surface area contributed by atoms with Gasteiger partial charge in [-0.3, -0.25) is 9.59 Å². The highest BCUT2D eigenvalue weighted by atomic mass is 32.1. The first kappa shape index (κ1) is 18.7. The predicted octanol–water partition coefficient (Wildman–Crippen LogP) is 4.17. The minimum atomic E-state index is -0.779.